The van der Waals surface area contributed by atoms with Crippen LogP contribution in [0.5, 0.6) is 11.5 Å². The number of nitrogens with two attached hydrogens (primary N) is 1. The average Bonchev–Trinajstić information content (AvgIpc) is 2.25. The molecule has 0 heterocycles. The molecular formula is C12H19NO2. The summed E-state index contributed by atoms with van der Waals surface area (Å²) in [5.74, 6) is 0.886. The molecule has 3 heteroatoms. The molecule has 1 atom stereocenters. The fourth-order valence-electron chi connectivity index (χ4n) is 1.65. The van der Waals surface area contributed by atoms with E-state index in [0.717, 1.165) is 19.3 Å². The third kappa shape index (κ3) is 2.86. The summed E-state index contributed by atoms with van der Waals surface area (Å²) in [4.78, 5) is 0. The lowest BCUT2D eigenvalue weighted by atomic mass is 10.00. The Kier molecular flexibility index (Phi) is 4.43. The van der Waals surface area contributed by atoms with E-state index < -0.39 is 0 Å². The number of rotatable bonds is 5. The minimum atomic E-state index is -0.152. The van der Waals surface area contributed by atoms with Gasteiger partial charge in [-0.25, -0.2) is 0 Å². The Labute approximate surface area is 90.9 Å². The Morgan fingerprint density at radius 1 is 1.47 bits per heavy atom. The van der Waals surface area contributed by atoms with Crippen molar-refractivity contribution in [3.63, 3.8) is 0 Å². The molecule has 1 rings (SSSR count). The highest BCUT2D eigenvalue weighted by Gasteiger charge is 2.15. The van der Waals surface area contributed by atoms with Crippen LogP contribution in [0, 0.1) is 0 Å². The number of hydrogen-bond acceptors (Lipinski definition) is 3. The van der Waals surface area contributed by atoms with Crippen LogP contribution in [0.15, 0.2) is 18.2 Å². The number of unbranched alkanes of at least 4 members (excludes halogenated alkanes) is 1. The molecule has 0 spiro atoms. The summed E-state index contributed by atoms with van der Waals surface area (Å²) in [6.45, 7) is 2.12. The van der Waals surface area contributed by atoms with Gasteiger partial charge in [0.2, 0.25) is 0 Å². The van der Waals surface area contributed by atoms with Gasteiger partial charge in [0.1, 0.15) is 11.5 Å². The van der Waals surface area contributed by atoms with Crippen molar-refractivity contribution in [3.8, 4) is 11.5 Å². The number of benzene rings is 1. The molecule has 0 fully saturated rings. The Morgan fingerprint density at radius 2 is 2.20 bits per heavy atom. The van der Waals surface area contributed by atoms with Gasteiger partial charge in [-0.05, 0) is 18.6 Å². The Bertz CT molecular complexity index is 312. The molecule has 0 saturated carbocycles. The molecule has 0 saturated heterocycles. The second-order valence-electron chi connectivity index (χ2n) is 3.64. The van der Waals surface area contributed by atoms with Crippen LogP contribution in [-0.4, -0.2) is 12.2 Å². The predicted molar refractivity (Wildman–Crippen MR) is 61.1 cm³/mol. The van der Waals surface area contributed by atoms with E-state index in [1.807, 2.05) is 6.07 Å². The smallest absolute Gasteiger partial charge is 0.127 e. The van der Waals surface area contributed by atoms with Crippen LogP contribution < -0.4 is 10.5 Å². The normalized spacial score (nSPS) is 12.5. The van der Waals surface area contributed by atoms with Crippen LogP contribution in [0.4, 0.5) is 0 Å². The number of aromatic hydroxyl groups is 1. The largest absolute Gasteiger partial charge is 0.507 e. The maximum atomic E-state index is 9.73. The topological polar surface area (TPSA) is 55.5 Å². The van der Waals surface area contributed by atoms with E-state index in [1.165, 1.54) is 0 Å². The number of hydrogen-bond donors (Lipinski definition) is 2. The van der Waals surface area contributed by atoms with Crippen molar-refractivity contribution in [1.82, 2.24) is 0 Å². The molecule has 0 aromatic heterocycles. The van der Waals surface area contributed by atoms with Gasteiger partial charge in [-0.3, -0.25) is 0 Å². The van der Waals surface area contributed by atoms with Crippen LogP contribution >= 0.6 is 0 Å². The molecular weight excluding hydrogens is 190 g/mol. The van der Waals surface area contributed by atoms with Crippen LogP contribution in [0.3, 0.4) is 0 Å². The van der Waals surface area contributed by atoms with Gasteiger partial charge in [0, 0.05) is 6.04 Å². The summed E-state index contributed by atoms with van der Waals surface area (Å²) in [7, 11) is 1.59. The lowest BCUT2D eigenvalue weighted by molar-refractivity contribution is 0.390. The third-order valence-corrected chi connectivity index (χ3v) is 2.50. The van der Waals surface area contributed by atoms with Crippen LogP contribution in [0.2, 0.25) is 0 Å². The fraction of sp³-hybridized carbons (Fsp3) is 0.500. The van der Waals surface area contributed by atoms with E-state index in [1.54, 1.807) is 19.2 Å². The van der Waals surface area contributed by atoms with Crippen molar-refractivity contribution < 1.29 is 9.84 Å². The SMILES string of the molecule is CCCC[C@@H](N)c1c(O)cccc1OC. The lowest BCUT2D eigenvalue weighted by Gasteiger charge is -2.16. The molecule has 3 nitrogen and oxygen atoms in total. The zero-order valence-electron chi connectivity index (χ0n) is 9.36. The number of methoxy groups -OCH3 is 1. The van der Waals surface area contributed by atoms with E-state index in [2.05, 4.69) is 6.92 Å². The molecule has 1 aromatic carbocycles. The Morgan fingerprint density at radius 3 is 2.80 bits per heavy atom. The summed E-state index contributed by atoms with van der Waals surface area (Å²) in [5.41, 5.74) is 6.73. The maximum absolute atomic E-state index is 9.73. The molecule has 3 N–H and O–H groups in total. The molecule has 0 aliphatic heterocycles. The molecule has 0 amide bonds. The molecule has 15 heavy (non-hydrogen) atoms. The highest BCUT2D eigenvalue weighted by molar-refractivity contribution is 5.45. The number of phenolic OH excluding ortho intramolecular Hbond substituents is 1. The average molecular weight is 209 g/mol. The van der Waals surface area contributed by atoms with Gasteiger partial charge in [-0.15, -0.1) is 0 Å². The molecule has 1 aromatic rings. The van der Waals surface area contributed by atoms with Gasteiger partial charge >= 0.3 is 0 Å². The second kappa shape index (κ2) is 5.61. The van der Waals surface area contributed by atoms with Crippen molar-refractivity contribution >= 4 is 0 Å². The first-order chi connectivity index (χ1) is 7.20. The van der Waals surface area contributed by atoms with E-state index in [4.69, 9.17) is 10.5 Å². The highest BCUT2D eigenvalue weighted by atomic mass is 16.5. The second-order valence-corrected chi connectivity index (χ2v) is 3.64. The Balaban J connectivity index is 2.90. The number of ether oxygens (including phenoxy) is 1. The van der Waals surface area contributed by atoms with Crippen LogP contribution in [0.1, 0.15) is 37.8 Å². The van der Waals surface area contributed by atoms with Gasteiger partial charge in [-0.1, -0.05) is 25.8 Å². The molecule has 84 valence electrons. The highest BCUT2D eigenvalue weighted by Crippen LogP contribution is 2.34. The minimum absolute atomic E-state index is 0.152. The van der Waals surface area contributed by atoms with Crippen molar-refractivity contribution in [3.05, 3.63) is 23.8 Å². The summed E-state index contributed by atoms with van der Waals surface area (Å²) in [6, 6.07) is 5.07. The van der Waals surface area contributed by atoms with Crippen LogP contribution in [0.25, 0.3) is 0 Å². The van der Waals surface area contributed by atoms with Gasteiger partial charge in [0.05, 0.1) is 12.7 Å². The van der Waals surface area contributed by atoms with E-state index in [9.17, 15) is 5.11 Å². The first-order valence-corrected chi connectivity index (χ1v) is 5.32. The third-order valence-electron chi connectivity index (χ3n) is 2.50. The zero-order chi connectivity index (χ0) is 11.3. The predicted octanol–water partition coefficient (Wildman–Crippen LogP) is 2.59. The first kappa shape index (κ1) is 11.9. The molecule has 0 unspecified atom stereocenters. The molecule has 0 radical (unpaired) electrons. The van der Waals surface area contributed by atoms with Crippen molar-refractivity contribution in [2.45, 2.75) is 32.2 Å². The van der Waals surface area contributed by atoms with Crippen molar-refractivity contribution in [1.29, 1.82) is 0 Å². The standard InChI is InChI=1S/C12H19NO2/c1-3-4-6-9(13)12-10(14)7-5-8-11(12)15-2/h5,7-9,14H,3-4,6,13H2,1-2H3/t9-/m1/s1. The molecule has 0 aliphatic rings. The maximum Gasteiger partial charge on any atom is 0.127 e. The summed E-state index contributed by atoms with van der Waals surface area (Å²) < 4.78 is 5.19. The molecule has 0 bridgehead atoms. The number of phenols is 1. The van der Waals surface area contributed by atoms with E-state index in [0.29, 0.717) is 11.3 Å². The fourth-order valence-corrected chi connectivity index (χ4v) is 1.65. The quantitative estimate of drug-likeness (QED) is 0.783. The van der Waals surface area contributed by atoms with Crippen molar-refractivity contribution in [2.75, 3.05) is 7.11 Å². The van der Waals surface area contributed by atoms with E-state index in [-0.39, 0.29) is 11.8 Å². The zero-order valence-corrected chi connectivity index (χ0v) is 9.36. The summed E-state index contributed by atoms with van der Waals surface area (Å²) in [5, 5.41) is 9.73. The van der Waals surface area contributed by atoms with E-state index >= 15 is 0 Å². The molecule has 0 aliphatic carbocycles. The van der Waals surface area contributed by atoms with Crippen molar-refractivity contribution in [2.24, 2.45) is 5.73 Å². The van der Waals surface area contributed by atoms with Crippen LogP contribution in [-0.2, 0) is 0 Å². The van der Waals surface area contributed by atoms with Gasteiger partial charge < -0.3 is 15.6 Å². The van der Waals surface area contributed by atoms with Gasteiger partial charge in [0.15, 0.2) is 0 Å². The van der Waals surface area contributed by atoms with Gasteiger partial charge in [0.25, 0.3) is 0 Å². The Hall–Kier alpha value is -1.22. The summed E-state index contributed by atoms with van der Waals surface area (Å²) in [6.07, 6.45) is 3.02. The van der Waals surface area contributed by atoms with Gasteiger partial charge in [-0.2, -0.15) is 0 Å². The first-order valence-electron chi connectivity index (χ1n) is 5.32. The minimum Gasteiger partial charge on any atom is -0.507 e. The summed E-state index contributed by atoms with van der Waals surface area (Å²) >= 11 is 0. The monoisotopic (exact) mass is 209 g/mol. The lowest BCUT2D eigenvalue weighted by Crippen LogP contribution is -2.11.